The van der Waals surface area contributed by atoms with E-state index in [9.17, 15) is 4.79 Å². The van der Waals surface area contributed by atoms with Crippen molar-refractivity contribution in [2.45, 2.75) is 0 Å². The number of anilines is 1. The van der Waals surface area contributed by atoms with Crippen molar-refractivity contribution in [2.24, 2.45) is 0 Å². The van der Waals surface area contributed by atoms with E-state index in [-0.39, 0.29) is 5.91 Å². The van der Waals surface area contributed by atoms with Crippen LogP contribution in [0.25, 0.3) is 11.9 Å². The number of carbonyl (C=O) groups excluding carboxylic acids is 1. The molecule has 1 saturated heterocycles. The van der Waals surface area contributed by atoms with Gasteiger partial charge in [0.2, 0.25) is 11.7 Å². The van der Waals surface area contributed by atoms with E-state index in [0.29, 0.717) is 49.2 Å². The second-order valence-electron chi connectivity index (χ2n) is 7.29. The Morgan fingerprint density at radius 2 is 1.64 bits per heavy atom. The van der Waals surface area contributed by atoms with Gasteiger partial charge in [0.15, 0.2) is 17.3 Å². The lowest BCUT2D eigenvalue weighted by atomic mass is 10.1. The molecule has 3 heterocycles. The van der Waals surface area contributed by atoms with Crippen molar-refractivity contribution >= 4 is 17.8 Å². The summed E-state index contributed by atoms with van der Waals surface area (Å²) in [6.45, 7) is 2.55. The number of amides is 1. The molecule has 0 saturated carbocycles. The summed E-state index contributed by atoms with van der Waals surface area (Å²) in [6.07, 6.45) is 8.39. The van der Waals surface area contributed by atoms with Gasteiger partial charge in [0.1, 0.15) is 12.1 Å². The first-order chi connectivity index (χ1) is 16.1. The predicted octanol–water partition coefficient (Wildman–Crippen LogP) is 2.05. The summed E-state index contributed by atoms with van der Waals surface area (Å²) in [6, 6.07) is 7.34. The fourth-order valence-electron chi connectivity index (χ4n) is 3.67. The average Bonchev–Trinajstić information content (AvgIpc) is 3.42. The smallest absolute Gasteiger partial charge is 0.246 e. The summed E-state index contributed by atoms with van der Waals surface area (Å²) in [5.74, 6) is 3.06. The van der Waals surface area contributed by atoms with Crippen molar-refractivity contribution in [2.75, 3.05) is 52.4 Å². The average molecular weight is 450 g/mol. The second kappa shape index (κ2) is 10.0. The van der Waals surface area contributed by atoms with Crippen LogP contribution < -0.4 is 19.1 Å². The maximum atomic E-state index is 12.8. The zero-order chi connectivity index (χ0) is 23.2. The van der Waals surface area contributed by atoms with Crippen LogP contribution in [0, 0.1) is 0 Å². The fourth-order valence-corrected chi connectivity index (χ4v) is 3.67. The van der Waals surface area contributed by atoms with Gasteiger partial charge in [-0.3, -0.25) is 4.79 Å². The van der Waals surface area contributed by atoms with Gasteiger partial charge in [-0.25, -0.2) is 14.6 Å². The molecule has 10 heteroatoms. The van der Waals surface area contributed by atoms with Crippen LogP contribution >= 0.6 is 0 Å². The van der Waals surface area contributed by atoms with Crippen LogP contribution in [0.15, 0.2) is 49.1 Å². The zero-order valence-electron chi connectivity index (χ0n) is 18.8. The van der Waals surface area contributed by atoms with Gasteiger partial charge in [-0.2, -0.15) is 5.10 Å². The molecule has 1 fully saturated rings. The van der Waals surface area contributed by atoms with Gasteiger partial charge < -0.3 is 24.0 Å². The zero-order valence-corrected chi connectivity index (χ0v) is 18.8. The van der Waals surface area contributed by atoms with E-state index in [0.717, 1.165) is 11.4 Å². The maximum absolute atomic E-state index is 12.8. The van der Waals surface area contributed by atoms with E-state index >= 15 is 0 Å². The van der Waals surface area contributed by atoms with Crippen molar-refractivity contribution in [1.82, 2.24) is 24.6 Å². The molecule has 0 radical (unpaired) electrons. The SMILES string of the molecule is COc1cc(/C=C/C(=O)N2CCN(c3cc(-n4cccn4)ncn3)CC2)cc(OC)c1OC. The highest BCUT2D eigenvalue weighted by Crippen LogP contribution is 2.38. The molecule has 0 atom stereocenters. The largest absolute Gasteiger partial charge is 0.493 e. The molecule has 0 aliphatic carbocycles. The normalized spacial score (nSPS) is 13.9. The van der Waals surface area contributed by atoms with Gasteiger partial charge in [-0.05, 0) is 29.8 Å². The minimum atomic E-state index is -0.0525. The first-order valence-electron chi connectivity index (χ1n) is 10.5. The molecule has 1 aliphatic heterocycles. The molecular weight excluding hydrogens is 424 g/mol. The second-order valence-corrected chi connectivity index (χ2v) is 7.29. The first kappa shape index (κ1) is 22.1. The third-order valence-electron chi connectivity index (χ3n) is 5.40. The van der Waals surface area contributed by atoms with Crippen molar-refractivity contribution in [1.29, 1.82) is 0 Å². The number of hydrogen-bond acceptors (Lipinski definition) is 8. The molecule has 4 rings (SSSR count). The van der Waals surface area contributed by atoms with E-state index in [1.54, 1.807) is 56.5 Å². The maximum Gasteiger partial charge on any atom is 0.246 e. The number of methoxy groups -OCH3 is 3. The van der Waals surface area contributed by atoms with Gasteiger partial charge >= 0.3 is 0 Å². The third-order valence-corrected chi connectivity index (χ3v) is 5.40. The minimum Gasteiger partial charge on any atom is -0.493 e. The highest BCUT2D eigenvalue weighted by Gasteiger charge is 2.21. The van der Waals surface area contributed by atoms with Gasteiger partial charge in [-0.1, -0.05) is 0 Å². The van der Waals surface area contributed by atoms with Crippen LogP contribution in [0.3, 0.4) is 0 Å². The number of benzene rings is 1. The lowest BCUT2D eigenvalue weighted by Crippen LogP contribution is -2.48. The topological polar surface area (TPSA) is 94.8 Å². The van der Waals surface area contributed by atoms with Gasteiger partial charge in [0, 0.05) is 50.7 Å². The summed E-state index contributed by atoms with van der Waals surface area (Å²) in [7, 11) is 4.68. The van der Waals surface area contributed by atoms with E-state index in [1.165, 1.54) is 6.33 Å². The monoisotopic (exact) mass is 450 g/mol. The Bertz CT molecular complexity index is 1100. The standard InChI is InChI=1S/C23H26N6O4/c1-31-18-13-17(14-19(32-2)23(18)33-3)5-6-22(30)28-11-9-27(10-12-28)20-15-21(25-16-24-20)29-8-4-7-26-29/h4-8,13-16H,9-12H2,1-3H3/b6-5+. The number of carbonyl (C=O) groups is 1. The quantitative estimate of drug-likeness (QED) is 0.505. The van der Waals surface area contributed by atoms with E-state index in [1.807, 2.05) is 23.2 Å². The number of hydrogen-bond donors (Lipinski definition) is 0. The van der Waals surface area contributed by atoms with E-state index in [2.05, 4.69) is 20.0 Å². The summed E-state index contributed by atoms with van der Waals surface area (Å²) in [5, 5.41) is 4.21. The molecule has 1 aliphatic rings. The molecular formula is C23H26N6O4. The lowest BCUT2D eigenvalue weighted by molar-refractivity contribution is -0.126. The van der Waals surface area contributed by atoms with Crippen molar-refractivity contribution in [3.05, 3.63) is 54.6 Å². The molecule has 0 unspecified atom stereocenters. The molecule has 2 aromatic heterocycles. The Morgan fingerprint density at radius 3 is 2.24 bits per heavy atom. The minimum absolute atomic E-state index is 0.0525. The number of nitrogens with zero attached hydrogens (tertiary/aromatic N) is 6. The van der Waals surface area contributed by atoms with Crippen LogP contribution in [0.5, 0.6) is 17.2 Å². The van der Waals surface area contributed by atoms with Crippen molar-refractivity contribution < 1.29 is 19.0 Å². The Labute approximate surface area is 192 Å². The summed E-state index contributed by atoms with van der Waals surface area (Å²) >= 11 is 0. The van der Waals surface area contributed by atoms with Crippen molar-refractivity contribution in [3.63, 3.8) is 0 Å². The van der Waals surface area contributed by atoms with E-state index in [4.69, 9.17) is 14.2 Å². The van der Waals surface area contributed by atoms with Crippen LogP contribution in [-0.2, 0) is 4.79 Å². The molecule has 172 valence electrons. The molecule has 1 aromatic carbocycles. The van der Waals surface area contributed by atoms with Crippen LogP contribution in [0.4, 0.5) is 5.82 Å². The number of rotatable bonds is 7. The fraction of sp³-hybridized carbons (Fsp3) is 0.304. The Hall–Kier alpha value is -4.08. The molecule has 10 nitrogen and oxygen atoms in total. The highest BCUT2D eigenvalue weighted by molar-refractivity contribution is 5.92. The number of aromatic nitrogens is 4. The van der Waals surface area contributed by atoms with Gasteiger partial charge in [0.25, 0.3) is 0 Å². The first-order valence-corrected chi connectivity index (χ1v) is 10.5. The summed E-state index contributed by atoms with van der Waals surface area (Å²) < 4.78 is 17.8. The number of ether oxygens (including phenoxy) is 3. The lowest BCUT2D eigenvalue weighted by Gasteiger charge is -2.35. The number of piperazine rings is 1. The molecule has 33 heavy (non-hydrogen) atoms. The molecule has 0 bridgehead atoms. The Balaban J connectivity index is 1.39. The van der Waals surface area contributed by atoms with Gasteiger partial charge in [-0.15, -0.1) is 0 Å². The van der Waals surface area contributed by atoms with Crippen LogP contribution in [0.2, 0.25) is 0 Å². The molecule has 0 N–H and O–H groups in total. The van der Waals surface area contributed by atoms with Crippen molar-refractivity contribution in [3.8, 4) is 23.1 Å². The third kappa shape index (κ3) is 4.89. The summed E-state index contributed by atoms with van der Waals surface area (Å²) in [5.41, 5.74) is 0.781. The van der Waals surface area contributed by atoms with Gasteiger partial charge in [0.05, 0.1) is 21.3 Å². The molecule has 0 spiro atoms. The molecule has 1 amide bonds. The Kier molecular flexibility index (Phi) is 6.72. The Morgan fingerprint density at radius 1 is 0.939 bits per heavy atom. The van der Waals surface area contributed by atoms with Crippen LogP contribution in [0.1, 0.15) is 5.56 Å². The van der Waals surface area contributed by atoms with Crippen LogP contribution in [-0.4, -0.2) is 78.1 Å². The molecule has 3 aromatic rings. The highest BCUT2D eigenvalue weighted by atomic mass is 16.5. The summed E-state index contributed by atoms with van der Waals surface area (Å²) in [4.78, 5) is 25.4. The van der Waals surface area contributed by atoms with E-state index < -0.39 is 0 Å². The predicted molar refractivity (Wildman–Crippen MR) is 123 cm³/mol.